The van der Waals surface area contributed by atoms with Crippen molar-refractivity contribution < 1.29 is 19.0 Å². The van der Waals surface area contributed by atoms with Crippen molar-refractivity contribution in [3.05, 3.63) is 107 Å². The lowest BCUT2D eigenvalue weighted by atomic mass is 9.83. The van der Waals surface area contributed by atoms with Gasteiger partial charge in [0, 0.05) is 17.7 Å². The number of fused-ring (bicyclic) bond motifs is 1. The fourth-order valence-electron chi connectivity index (χ4n) is 3.67. The van der Waals surface area contributed by atoms with E-state index in [9.17, 15) is 10.1 Å². The lowest BCUT2D eigenvalue weighted by Crippen LogP contribution is -2.21. The molecule has 4 rings (SSSR count). The first-order valence-electron chi connectivity index (χ1n) is 10.5. The van der Waals surface area contributed by atoms with E-state index in [1.165, 1.54) is 6.08 Å². The number of nitriles is 1. The maximum Gasteiger partial charge on any atom is 0.336 e. The molecule has 0 amide bonds. The second-order valence-electron chi connectivity index (χ2n) is 7.30. The van der Waals surface area contributed by atoms with Crippen LogP contribution >= 0.6 is 0 Å². The number of hydrogen-bond donors (Lipinski definition) is 1. The van der Waals surface area contributed by atoms with Crippen molar-refractivity contribution in [1.29, 1.82) is 5.26 Å². The maximum absolute atomic E-state index is 12.3. The molecule has 1 aliphatic heterocycles. The molecule has 0 spiro atoms. The van der Waals surface area contributed by atoms with Gasteiger partial charge in [-0.1, -0.05) is 48.5 Å². The van der Waals surface area contributed by atoms with E-state index in [1.54, 1.807) is 24.3 Å². The second-order valence-corrected chi connectivity index (χ2v) is 7.30. The van der Waals surface area contributed by atoms with Crippen molar-refractivity contribution in [2.24, 2.45) is 5.73 Å². The Labute approximate surface area is 192 Å². The maximum atomic E-state index is 12.3. The van der Waals surface area contributed by atoms with E-state index >= 15 is 0 Å². The molecule has 1 atom stereocenters. The number of carbonyl (C=O) groups excluding carboxylic acids is 1. The Kier molecular flexibility index (Phi) is 6.42. The highest BCUT2D eigenvalue weighted by molar-refractivity contribution is 5.88. The first-order chi connectivity index (χ1) is 16.1. The summed E-state index contributed by atoms with van der Waals surface area (Å²) in [6.45, 7) is 2.44. The second kappa shape index (κ2) is 9.75. The Bertz CT molecular complexity index is 1270. The van der Waals surface area contributed by atoms with Crippen LogP contribution in [0.15, 0.2) is 90.3 Å². The van der Waals surface area contributed by atoms with Crippen molar-refractivity contribution in [3.63, 3.8) is 0 Å². The van der Waals surface area contributed by atoms with Gasteiger partial charge in [0.15, 0.2) is 0 Å². The molecule has 0 saturated heterocycles. The molecule has 6 heteroatoms. The predicted molar refractivity (Wildman–Crippen MR) is 124 cm³/mol. The average molecular weight is 438 g/mol. The Balaban J connectivity index is 1.62. The minimum atomic E-state index is -0.517. The number of ether oxygens (including phenoxy) is 3. The van der Waals surface area contributed by atoms with Crippen molar-refractivity contribution >= 4 is 12.0 Å². The van der Waals surface area contributed by atoms with Crippen LogP contribution in [0.25, 0.3) is 6.08 Å². The lowest BCUT2D eigenvalue weighted by molar-refractivity contribution is -0.128. The van der Waals surface area contributed by atoms with Crippen LogP contribution in [0, 0.1) is 11.3 Å². The molecule has 3 aromatic carbocycles. The van der Waals surface area contributed by atoms with E-state index in [0.717, 1.165) is 16.7 Å². The number of esters is 1. The summed E-state index contributed by atoms with van der Waals surface area (Å²) in [6.07, 6.45) is 3.04. The smallest absolute Gasteiger partial charge is 0.336 e. The Morgan fingerprint density at radius 3 is 2.67 bits per heavy atom. The number of hydrogen-bond acceptors (Lipinski definition) is 6. The number of nitrogens with zero attached hydrogens (tertiary/aromatic N) is 1. The standard InChI is InChI=1S/C27H22N2O4/c1-2-31-20-10-6-9-19(15-20)26-22-13-12-21(16-24(22)33-27(29)23(26)17-28)32-25(30)14-11-18-7-4-3-5-8-18/h3-16,26H,2,29H2,1H3/b14-11+. The van der Waals surface area contributed by atoms with Gasteiger partial charge in [0.1, 0.15) is 28.9 Å². The highest BCUT2D eigenvalue weighted by atomic mass is 16.5. The van der Waals surface area contributed by atoms with Crippen LogP contribution in [0.3, 0.4) is 0 Å². The van der Waals surface area contributed by atoms with E-state index in [4.69, 9.17) is 19.9 Å². The van der Waals surface area contributed by atoms with Gasteiger partial charge in [-0.15, -0.1) is 0 Å². The summed E-state index contributed by atoms with van der Waals surface area (Å²) in [5.41, 5.74) is 8.87. The zero-order valence-corrected chi connectivity index (χ0v) is 18.0. The Hall–Kier alpha value is -4.50. The van der Waals surface area contributed by atoms with Crippen LogP contribution in [0.4, 0.5) is 0 Å². The molecular formula is C27H22N2O4. The Morgan fingerprint density at radius 1 is 1.09 bits per heavy atom. The molecule has 0 aliphatic carbocycles. The number of rotatable bonds is 6. The van der Waals surface area contributed by atoms with Gasteiger partial charge in [0.25, 0.3) is 0 Å². The fourth-order valence-corrected chi connectivity index (χ4v) is 3.67. The molecule has 1 aliphatic rings. The molecule has 0 fully saturated rings. The van der Waals surface area contributed by atoms with Gasteiger partial charge >= 0.3 is 5.97 Å². The van der Waals surface area contributed by atoms with Crippen LogP contribution in [0.5, 0.6) is 17.2 Å². The van der Waals surface area contributed by atoms with Gasteiger partial charge in [0.2, 0.25) is 5.88 Å². The third-order valence-corrected chi connectivity index (χ3v) is 5.12. The van der Waals surface area contributed by atoms with Gasteiger partial charge < -0.3 is 19.9 Å². The minimum Gasteiger partial charge on any atom is -0.494 e. The third-order valence-electron chi connectivity index (χ3n) is 5.12. The van der Waals surface area contributed by atoms with Gasteiger partial charge in [-0.25, -0.2) is 4.79 Å². The molecule has 2 N–H and O–H groups in total. The summed E-state index contributed by atoms with van der Waals surface area (Å²) in [4.78, 5) is 12.3. The molecule has 1 heterocycles. The summed E-state index contributed by atoms with van der Waals surface area (Å²) in [5, 5.41) is 9.74. The Morgan fingerprint density at radius 2 is 1.91 bits per heavy atom. The van der Waals surface area contributed by atoms with Gasteiger partial charge in [-0.3, -0.25) is 0 Å². The van der Waals surface area contributed by atoms with E-state index in [-0.39, 0.29) is 5.88 Å². The van der Waals surface area contributed by atoms with Crippen LogP contribution in [-0.4, -0.2) is 12.6 Å². The molecule has 0 aromatic heterocycles. The molecule has 33 heavy (non-hydrogen) atoms. The average Bonchev–Trinajstić information content (AvgIpc) is 2.83. The SMILES string of the molecule is CCOc1cccc(C2C(C#N)=C(N)Oc3cc(OC(=O)/C=C/c4ccccc4)ccc32)c1. The lowest BCUT2D eigenvalue weighted by Gasteiger charge is -2.27. The molecule has 3 aromatic rings. The van der Waals surface area contributed by atoms with Gasteiger partial charge in [0.05, 0.1) is 12.5 Å². The summed E-state index contributed by atoms with van der Waals surface area (Å²) in [5.74, 6) is 0.514. The van der Waals surface area contributed by atoms with Crippen molar-refractivity contribution in [2.75, 3.05) is 6.61 Å². The number of benzene rings is 3. The molecule has 6 nitrogen and oxygen atoms in total. The van der Waals surface area contributed by atoms with Crippen molar-refractivity contribution in [3.8, 4) is 23.3 Å². The zero-order chi connectivity index (χ0) is 23.2. The minimum absolute atomic E-state index is 0.0178. The summed E-state index contributed by atoms with van der Waals surface area (Å²) >= 11 is 0. The van der Waals surface area contributed by atoms with Crippen molar-refractivity contribution in [1.82, 2.24) is 0 Å². The van der Waals surface area contributed by atoms with Gasteiger partial charge in [-0.2, -0.15) is 5.26 Å². The molecule has 0 saturated carbocycles. The quantitative estimate of drug-likeness (QED) is 0.333. The predicted octanol–water partition coefficient (Wildman–Crippen LogP) is 4.92. The van der Waals surface area contributed by atoms with Gasteiger partial charge in [-0.05, 0) is 42.3 Å². The van der Waals surface area contributed by atoms with Crippen molar-refractivity contribution in [2.45, 2.75) is 12.8 Å². The molecular weight excluding hydrogens is 416 g/mol. The molecule has 1 unspecified atom stereocenters. The molecule has 0 radical (unpaired) electrons. The fraction of sp³-hybridized carbons (Fsp3) is 0.111. The molecule has 0 bridgehead atoms. The highest BCUT2D eigenvalue weighted by Crippen LogP contribution is 2.44. The van der Waals surface area contributed by atoms with Crippen LogP contribution < -0.4 is 19.9 Å². The largest absolute Gasteiger partial charge is 0.494 e. The number of carbonyl (C=O) groups is 1. The first-order valence-corrected chi connectivity index (χ1v) is 10.5. The summed E-state index contributed by atoms with van der Waals surface area (Å²) < 4.78 is 16.8. The topological polar surface area (TPSA) is 94.6 Å². The molecule has 164 valence electrons. The number of nitrogens with two attached hydrogens (primary N) is 1. The normalized spacial score (nSPS) is 14.8. The highest BCUT2D eigenvalue weighted by Gasteiger charge is 2.31. The van der Waals surface area contributed by atoms with E-state index in [1.807, 2.05) is 61.5 Å². The van der Waals surface area contributed by atoms with Crippen LogP contribution in [-0.2, 0) is 4.79 Å². The van der Waals surface area contributed by atoms with E-state index in [0.29, 0.717) is 29.4 Å². The third kappa shape index (κ3) is 4.89. The van der Waals surface area contributed by atoms with E-state index in [2.05, 4.69) is 6.07 Å². The van der Waals surface area contributed by atoms with Crippen LogP contribution in [0.1, 0.15) is 29.5 Å². The number of allylic oxidation sites excluding steroid dienone is 1. The van der Waals surface area contributed by atoms with E-state index < -0.39 is 11.9 Å². The zero-order valence-electron chi connectivity index (χ0n) is 18.0. The van der Waals surface area contributed by atoms with Crippen LogP contribution in [0.2, 0.25) is 0 Å². The first kappa shape index (κ1) is 21.7. The summed E-state index contributed by atoms with van der Waals surface area (Å²) in [7, 11) is 0. The monoisotopic (exact) mass is 438 g/mol. The summed E-state index contributed by atoms with van der Waals surface area (Å²) in [6, 6.07) is 24.2.